The number of rotatable bonds is 6. The van der Waals surface area contributed by atoms with Crippen LogP contribution in [0.25, 0.3) is 10.2 Å². The molecule has 4 heterocycles. The normalized spacial score (nSPS) is 16.0. The lowest BCUT2D eigenvalue weighted by atomic mass is 10.1. The van der Waals surface area contributed by atoms with E-state index in [4.69, 9.17) is 10.5 Å². The van der Waals surface area contributed by atoms with E-state index < -0.39 is 6.04 Å². The summed E-state index contributed by atoms with van der Waals surface area (Å²) in [5.41, 5.74) is 7.17. The van der Waals surface area contributed by atoms with E-state index >= 15 is 0 Å². The average Bonchev–Trinajstić information content (AvgIpc) is 3.40. The number of hydrogen-bond acceptors (Lipinski definition) is 8. The third kappa shape index (κ3) is 4.20. The largest absolute Gasteiger partial charge is 0.378 e. The van der Waals surface area contributed by atoms with E-state index in [2.05, 4.69) is 43.1 Å². The van der Waals surface area contributed by atoms with Gasteiger partial charge in [-0.05, 0) is 38.9 Å². The van der Waals surface area contributed by atoms with Crippen molar-refractivity contribution in [2.75, 3.05) is 31.6 Å². The second-order valence-electron chi connectivity index (χ2n) is 6.21. The third-order valence-corrected chi connectivity index (χ3v) is 8.52. The summed E-state index contributed by atoms with van der Waals surface area (Å²) in [6.45, 7) is 3.19. The maximum atomic E-state index is 12.6. The zero-order chi connectivity index (χ0) is 18.8. The van der Waals surface area contributed by atoms with Gasteiger partial charge in [0.2, 0.25) is 5.91 Å². The van der Waals surface area contributed by atoms with Crippen LogP contribution in [0.5, 0.6) is 0 Å². The number of nitrogens with zero attached hydrogens (tertiary/aromatic N) is 2. The van der Waals surface area contributed by atoms with E-state index in [0.717, 1.165) is 31.1 Å². The second-order valence-corrected chi connectivity index (χ2v) is 9.91. The zero-order valence-corrected chi connectivity index (χ0v) is 18.5. The molecule has 4 rings (SSSR count). The maximum Gasteiger partial charge on any atom is 0.240 e. The lowest BCUT2D eigenvalue weighted by Gasteiger charge is -2.29. The molecule has 1 fully saturated rings. The van der Waals surface area contributed by atoms with E-state index in [1.54, 1.807) is 27.6 Å². The molecule has 1 atom stereocenters. The fourth-order valence-corrected chi connectivity index (χ4v) is 6.61. The number of anilines is 1. The highest BCUT2D eigenvalue weighted by atomic mass is 79.9. The second kappa shape index (κ2) is 8.54. The van der Waals surface area contributed by atoms with Gasteiger partial charge in [0.15, 0.2) is 0 Å². The maximum absolute atomic E-state index is 12.6. The average molecular weight is 487 g/mol. The predicted molar refractivity (Wildman–Crippen MR) is 116 cm³/mol. The highest BCUT2D eigenvalue weighted by Gasteiger charge is 2.26. The molecule has 6 nitrogen and oxygen atoms in total. The van der Waals surface area contributed by atoms with Gasteiger partial charge >= 0.3 is 0 Å². The van der Waals surface area contributed by atoms with Crippen molar-refractivity contribution >= 4 is 71.3 Å². The molecular formula is C17H19BrN4O2S3. The molecule has 0 aromatic carbocycles. The number of thiophene rings is 2. The Hall–Kier alpha value is -1.04. The molecule has 1 aliphatic heterocycles. The van der Waals surface area contributed by atoms with Gasteiger partial charge in [-0.15, -0.1) is 22.7 Å². The summed E-state index contributed by atoms with van der Waals surface area (Å²) in [4.78, 5) is 16.7. The number of halogens is 1. The van der Waals surface area contributed by atoms with E-state index in [-0.39, 0.29) is 5.91 Å². The van der Waals surface area contributed by atoms with Gasteiger partial charge in [-0.3, -0.25) is 4.79 Å². The highest BCUT2D eigenvalue weighted by molar-refractivity contribution is 9.10. The number of carbonyl (C=O) groups excluding carboxylic acids is 1. The first-order valence-electron chi connectivity index (χ1n) is 8.58. The third-order valence-electron chi connectivity index (χ3n) is 4.38. The SMILES string of the molecule is NC(Cc1sc2c(NCc3cccs3)snc2c1Br)C(=O)N1CCOCC1. The van der Waals surface area contributed by atoms with Crippen molar-refractivity contribution in [3.63, 3.8) is 0 Å². The minimum atomic E-state index is -0.548. The Morgan fingerprint density at radius 2 is 2.26 bits per heavy atom. The fourth-order valence-electron chi connectivity index (χ4n) is 2.95. The van der Waals surface area contributed by atoms with Crippen LogP contribution in [0.15, 0.2) is 22.0 Å². The van der Waals surface area contributed by atoms with Gasteiger partial charge in [-0.2, -0.15) is 4.37 Å². The minimum Gasteiger partial charge on any atom is -0.378 e. The van der Waals surface area contributed by atoms with Crippen LogP contribution in [-0.2, 0) is 22.5 Å². The molecule has 0 bridgehead atoms. The number of morpholine rings is 1. The molecule has 0 aliphatic carbocycles. The molecule has 1 saturated heterocycles. The number of hydrogen-bond donors (Lipinski definition) is 2. The van der Waals surface area contributed by atoms with Crippen molar-refractivity contribution < 1.29 is 9.53 Å². The van der Waals surface area contributed by atoms with Gasteiger partial charge < -0.3 is 20.7 Å². The van der Waals surface area contributed by atoms with Crippen LogP contribution < -0.4 is 11.1 Å². The first-order chi connectivity index (χ1) is 13.1. The Morgan fingerprint density at radius 3 is 3.00 bits per heavy atom. The molecule has 0 radical (unpaired) electrons. The van der Waals surface area contributed by atoms with Crippen molar-refractivity contribution in [3.05, 3.63) is 31.7 Å². The summed E-state index contributed by atoms with van der Waals surface area (Å²) in [7, 11) is 0. The summed E-state index contributed by atoms with van der Waals surface area (Å²) >= 11 is 8.51. The quantitative estimate of drug-likeness (QED) is 0.556. The van der Waals surface area contributed by atoms with Gasteiger partial charge in [-0.25, -0.2) is 0 Å². The van der Waals surface area contributed by atoms with Gasteiger partial charge in [0.25, 0.3) is 0 Å². The zero-order valence-electron chi connectivity index (χ0n) is 14.4. The van der Waals surface area contributed by atoms with Crippen LogP contribution >= 0.6 is 50.1 Å². The van der Waals surface area contributed by atoms with Crippen molar-refractivity contribution in [1.29, 1.82) is 0 Å². The summed E-state index contributed by atoms with van der Waals surface area (Å²) < 4.78 is 11.9. The highest BCUT2D eigenvalue weighted by Crippen LogP contribution is 2.42. The van der Waals surface area contributed by atoms with E-state index in [9.17, 15) is 4.79 Å². The Labute approximate surface area is 177 Å². The van der Waals surface area contributed by atoms with E-state index in [0.29, 0.717) is 32.7 Å². The number of ether oxygens (including phenoxy) is 1. The van der Waals surface area contributed by atoms with Gasteiger partial charge in [0.05, 0.1) is 35.0 Å². The van der Waals surface area contributed by atoms with Crippen molar-refractivity contribution in [2.24, 2.45) is 5.73 Å². The molecule has 0 spiro atoms. The number of nitrogens with two attached hydrogens (primary N) is 1. The summed E-state index contributed by atoms with van der Waals surface area (Å²) in [5.74, 6) is -0.00917. The first kappa shape index (κ1) is 19.3. The number of nitrogens with one attached hydrogen (secondary N) is 1. The number of aromatic nitrogens is 1. The van der Waals surface area contributed by atoms with Crippen molar-refractivity contribution in [3.8, 4) is 0 Å². The van der Waals surface area contributed by atoms with Crippen molar-refractivity contribution in [1.82, 2.24) is 9.27 Å². The smallest absolute Gasteiger partial charge is 0.240 e. The van der Waals surface area contributed by atoms with Gasteiger partial charge in [0, 0.05) is 29.3 Å². The summed E-state index contributed by atoms with van der Waals surface area (Å²) in [6.07, 6.45) is 0.507. The molecular weight excluding hydrogens is 468 g/mol. The molecule has 0 saturated carbocycles. The molecule has 10 heteroatoms. The van der Waals surface area contributed by atoms with Crippen LogP contribution in [-0.4, -0.2) is 47.5 Å². The van der Waals surface area contributed by atoms with Crippen LogP contribution in [0.2, 0.25) is 0 Å². The lowest BCUT2D eigenvalue weighted by molar-refractivity contribution is -0.136. The molecule has 1 amide bonds. The lowest BCUT2D eigenvalue weighted by Crippen LogP contribution is -2.49. The minimum absolute atomic E-state index is 0.00917. The van der Waals surface area contributed by atoms with E-state index in [1.807, 2.05) is 0 Å². The molecule has 3 N–H and O–H groups in total. The standard InChI is InChI=1S/C17H19BrN4O2S3/c18-13-12(8-11(19)17(23)22-3-5-24-6-4-22)26-15-14(13)21-27-16(15)20-9-10-2-1-7-25-10/h1-2,7,11,20H,3-6,8-9,19H2. The Balaban J connectivity index is 1.47. The van der Waals surface area contributed by atoms with Crippen LogP contribution in [0, 0.1) is 0 Å². The topological polar surface area (TPSA) is 80.5 Å². The number of carbonyl (C=O) groups is 1. The first-order valence-corrected chi connectivity index (χ1v) is 11.8. The number of amides is 1. The molecule has 144 valence electrons. The van der Waals surface area contributed by atoms with E-state index in [1.165, 1.54) is 16.4 Å². The van der Waals surface area contributed by atoms with Gasteiger partial charge in [-0.1, -0.05) is 6.07 Å². The molecule has 3 aromatic heterocycles. The van der Waals surface area contributed by atoms with Crippen LogP contribution in [0.4, 0.5) is 5.00 Å². The van der Waals surface area contributed by atoms with Crippen LogP contribution in [0.3, 0.4) is 0 Å². The Morgan fingerprint density at radius 1 is 1.44 bits per heavy atom. The molecule has 27 heavy (non-hydrogen) atoms. The molecule has 1 unspecified atom stereocenters. The molecule has 3 aromatic rings. The monoisotopic (exact) mass is 486 g/mol. The van der Waals surface area contributed by atoms with Crippen LogP contribution in [0.1, 0.15) is 9.75 Å². The van der Waals surface area contributed by atoms with Crippen molar-refractivity contribution in [2.45, 2.75) is 19.0 Å². The summed E-state index contributed by atoms with van der Waals surface area (Å²) in [6, 6.07) is 3.62. The Bertz CT molecular complexity index is 918. The summed E-state index contributed by atoms with van der Waals surface area (Å²) in [5, 5.41) is 6.61. The fraction of sp³-hybridized carbons (Fsp3) is 0.412. The number of fused-ring (bicyclic) bond motifs is 1. The molecule has 1 aliphatic rings. The predicted octanol–water partition coefficient (Wildman–Crippen LogP) is 3.52. The Kier molecular flexibility index (Phi) is 6.10. The van der Waals surface area contributed by atoms with Gasteiger partial charge in [0.1, 0.15) is 10.5 Å².